The van der Waals surface area contributed by atoms with Crippen LogP contribution < -0.4 is 5.32 Å². The fourth-order valence-corrected chi connectivity index (χ4v) is 2.32. The molecule has 1 aromatic carbocycles. The van der Waals surface area contributed by atoms with Crippen LogP contribution >= 0.6 is 0 Å². The Morgan fingerprint density at radius 1 is 1.21 bits per heavy atom. The van der Waals surface area contributed by atoms with Crippen molar-refractivity contribution in [3.05, 3.63) is 35.4 Å². The minimum Gasteiger partial charge on any atom is -0.312 e. The van der Waals surface area contributed by atoms with E-state index in [4.69, 9.17) is 0 Å². The summed E-state index contributed by atoms with van der Waals surface area (Å²) in [4.78, 5) is 2.43. The quantitative estimate of drug-likeness (QED) is 0.772. The zero-order chi connectivity index (χ0) is 14.3. The molecule has 0 aliphatic heterocycles. The van der Waals surface area contributed by atoms with Crippen molar-refractivity contribution in [1.82, 2.24) is 10.2 Å². The predicted molar refractivity (Wildman–Crippen MR) is 84.4 cm³/mol. The van der Waals surface area contributed by atoms with Crippen LogP contribution in [-0.4, -0.2) is 31.1 Å². The lowest BCUT2D eigenvalue weighted by Crippen LogP contribution is -2.43. The molecule has 0 saturated heterocycles. The van der Waals surface area contributed by atoms with Gasteiger partial charge in [-0.15, -0.1) is 0 Å². The third kappa shape index (κ3) is 5.75. The molecule has 0 bridgehead atoms. The van der Waals surface area contributed by atoms with Gasteiger partial charge in [0, 0.05) is 19.1 Å². The Hall–Kier alpha value is -0.860. The van der Waals surface area contributed by atoms with Gasteiger partial charge in [-0.1, -0.05) is 45.0 Å². The molecule has 0 heterocycles. The third-order valence-electron chi connectivity index (χ3n) is 3.67. The maximum absolute atomic E-state index is 3.66. The standard InChI is InChI=1S/C17H30N2/c1-6-11-18-17(14(2)3)13-19(5)12-16-10-8-7-9-15(16)4/h7-10,14,17-18H,6,11-13H2,1-5H3. The highest BCUT2D eigenvalue weighted by Gasteiger charge is 2.15. The summed E-state index contributed by atoms with van der Waals surface area (Å²) in [5, 5.41) is 3.66. The van der Waals surface area contributed by atoms with E-state index in [1.165, 1.54) is 17.5 Å². The Labute approximate surface area is 119 Å². The normalized spacial score (nSPS) is 13.2. The van der Waals surface area contributed by atoms with Gasteiger partial charge in [0.2, 0.25) is 0 Å². The van der Waals surface area contributed by atoms with Gasteiger partial charge in [-0.3, -0.25) is 0 Å². The summed E-state index contributed by atoms with van der Waals surface area (Å²) in [5.74, 6) is 0.672. The summed E-state index contributed by atoms with van der Waals surface area (Å²) >= 11 is 0. The number of nitrogens with one attached hydrogen (secondary N) is 1. The molecule has 0 fully saturated rings. The van der Waals surface area contributed by atoms with Crippen molar-refractivity contribution in [2.75, 3.05) is 20.1 Å². The smallest absolute Gasteiger partial charge is 0.0233 e. The van der Waals surface area contributed by atoms with Crippen LogP contribution in [0.5, 0.6) is 0 Å². The predicted octanol–water partition coefficient (Wildman–Crippen LogP) is 3.45. The van der Waals surface area contributed by atoms with E-state index in [0.717, 1.165) is 19.6 Å². The topological polar surface area (TPSA) is 15.3 Å². The SMILES string of the molecule is CCCNC(CN(C)Cc1ccccc1C)C(C)C. The number of nitrogens with zero attached hydrogens (tertiary/aromatic N) is 1. The van der Waals surface area contributed by atoms with Crippen molar-refractivity contribution < 1.29 is 0 Å². The maximum Gasteiger partial charge on any atom is 0.0233 e. The van der Waals surface area contributed by atoms with E-state index in [9.17, 15) is 0 Å². The van der Waals surface area contributed by atoms with Gasteiger partial charge in [0.15, 0.2) is 0 Å². The van der Waals surface area contributed by atoms with Gasteiger partial charge >= 0.3 is 0 Å². The first-order valence-electron chi connectivity index (χ1n) is 7.51. The van der Waals surface area contributed by atoms with Crippen LogP contribution in [0.2, 0.25) is 0 Å². The van der Waals surface area contributed by atoms with Crippen LogP contribution in [0.15, 0.2) is 24.3 Å². The number of hydrogen-bond acceptors (Lipinski definition) is 2. The molecule has 1 unspecified atom stereocenters. The van der Waals surface area contributed by atoms with Gasteiger partial charge in [-0.05, 0) is 44.0 Å². The molecule has 1 rings (SSSR count). The summed E-state index contributed by atoms with van der Waals surface area (Å²) in [6, 6.07) is 9.24. The number of likely N-dealkylation sites (N-methyl/N-ethyl adjacent to an activating group) is 1. The lowest BCUT2D eigenvalue weighted by Gasteiger charge is -2.28. The summed E-state index contributed by atoms with van der Waals surface area (Å²) in [7, 11) is 2.22. The summed E-state index contributed by atoms with van der Waals surface area (Å²) in [5.41, 5.74) is 2.82. The molecule has 1 N–H and O–H groups in total. The van der Waals surface area contributed by atoms with Crippen molar-refractivity contribution in [2.45, 2.75) is 46.7 Å². The van der Waals surface area contributed by atoms with Crippen molar-refractivity contribution in [3.8, 4) is 0 Å². The van der Waals surface area contributed by atoms with E-state index in [-0.39, 0.29) is 0 Å². The highest BCUT2D eigenvalue weighted by molar-refractivity contribution is 5.25. The van der Waals surface area contributed by atoms with Gasteiger partial charge in [0.25, 0.3) is 0 Å². The molecule has 0 amide bonds. The molecule has 2 nitrogen and oxygen atoms in total. The monoisotopic (exact) mass is 262 g/mol. The molecule has 108 valence electrons. The molecule has 0 aromatic heterocycles. The van der Waals surface area contributed by atoms with Crippen molar-refractivity contribution in [3.63, 3.8) is 0 Å². The lowest BCUT2D eigenvalue weighted by molar-refractivity contribution is 0.248. The van der Waals surface area contributed by atoms with E-state index >= 15 is 0 Å². The van der Waals surface area contributed by atoms with E-state index in [0.29, 0.717) is 12.0 Å². The Morgan fingerprint density at radius 3 is 2.47 bits per heavy atom. The van der Waals surface area contributed by atoms with E-state index in [2.05, 4.69) is 69.2 Å². The Bertz CT molecular complexity index is 360. The molecule has 1 atom stereocenters. The number of aryl methyl sites for hydroxylation is 1. The lowest BCUT2D eigenvalue weighted by atomic mass is 10.0. The molecule has 2 heteroatoms. The van der Waals surface area contributed by atoms with Crippen molar-refractivity contribution in [2.24, 2.45) is 5.92 Å². The largest absolute Gasteiger partial charge is 0.312 e. The molecule has 1 aromatic rings. The Balaban J connectivity index is 2.52. The Kier molecular flexibility index (Phi) is 7.11. The van der Waals surface area contributed by atoms with E-state index < -0.39 is 0 Å². The van der Waals surface area contributed by atoms with Crippen LogP contribution in [0, 0.1) is 12.8 Å². The summed E-state index contributed by atoms with van der Waals surface area (Å²) in [6.45, 7) is 12.3. The second-order valence-corrected chi connectivity index (χ2v) is 5.93. The molecule has 0 aliphatic carbocycles. The second kappa shape index (κ2) is 8.34. The third-order valence-corrected chi connectivity index (χ3v) is 3.67. The number of rotatable bonds is 8. The molecule has 0 radical (unpaired) electrons. The first-order chi connectivity index (χ1) is 9.04. The molecular formula is C17H30N2. The van der Waals surface area contributed by atoms with E-state index in [1.54, 1.807) is 0 Å². The van der Waals surface area contributed by atoms with Gasteiger partial charge < -0.3 is 10.2 Å². The van der Waals surface area contributed by atoms with Gasteiger partial charge in [0.05, 0.1) is 0 Å². The van der Waals surface area contributed by atoms with Crippen LogP contribution in [0.4, 0.5) is 0 Å². The highest BCUT2D eigenvalue weighted by atomic mass is 15.1. The maximum atomic E-state index is 3.66. The molecular weight excluding hydrogens is 232 g/mol. The fraction of sp³-hybridized carbons (Fsp3) is 0.647. The Morgan fingerprint density at radius 2 is 1.89 bits per heavy atom. The van der Waals surface area contributed by atoms with Gasteiger partial charge in [-0.2, -0.15) is 0 Å². The number of benzene rings is 1. The first kappa shape index (κ1) is 16.2. The summed E-state index contributed by atoms with van der Waals surface area (Å²) in [6.07, 6.45) is 1.20. The average molecular weight is 262 g/mol. The van der Waals surface area contributed by atoms with Crippen LogP contribution in [0.3, 0.4) is 0 Å². The zero-order valence-electron chi connectivity index (χ0n) is 13.2. The van der Waals surface area contributed by atoms with Crippen LogP contribution in [0.1, 0.15) is 38.3 Å². The minimum absolute atomic E-state index is 0.578. The van der Waals surface area contributed by atoms with E-state index in [1.807, 2.05) is 0 Å². The first-order valence-corrected chi connectivity index (χ1v) is 7.51. The van der Waals surface area contributed by atoms with Crippen molar-refractivity contribution >= 4 is 0 Å². The van der Waals surface area contributed by atoms with Gasteiger partial charge in [0.1, 0.15) is 0 Å². The van der Waals surface area contributed by atoms with Crippen LogP contribution in [-0.2, 0) is 6.54 Å². The second-order valence-electron chi connectivity index (χ2n) is 5.93. The molecule has 0 spiro atoms. The fourth-order valence-electron chi connectivity index (χ4n) is 2.32. The molecule has 0 aliphatic rings. The minimum atomic E-state index is 0.578. The van der Waals surface area contributed by atoms with Gasteiger partial charge in [-0.25, -0.2) is 0 Å². The number of hydrogen-bond donors (Lipinski definition) is 1. The van der Waals surface area contributed by atoms with Crippen LogP contribution in [0.25, 0.3) is 0 Å². The molecule has 0 saturated carbocycles. The highest BCUT2D eigenvalue weighted by Crippen LogP contribution is 2.11. The average Bonchev–Trinajstić information content (AvgIpc) is 2.37. The molecule has 19 heavy (non-hydrogen) atoms. The van der Waals surface area contributed by atoms with Crippen molar-refractivity contribution in [1.29, 1.82) is 0 Å². The summed E-state index contributed by atoms with van der Waals surface area (Å²) < 4.78 is 0. The zero-order valence-corrected chi connectivity index (χ0v) is 13.2.